The molecule has 0 bridgehead atoms. The smallest absolute Gasteiger partial charge is 0.407 e. The molecule has 10 nitrogen and oxygen atoms in total. The molecule has 0 radical (unpaired) electrons. The summed E-state index contributed by atoms with van der Waals surface area (Å²) in [5.41, 5.74) is 1.72. The molecule has 2 heterocycles. The van der Waals surface area contributed by atoms with Crippen molar-refractivity contribution in [3.8, 4) is 5.75 Å². The highest BCUT2D eigenvalue weighted by atomic mass is 16.7. The standard InChI is InChI=1S/C30H37N3O7/c1-29(2,3)40-28(36)32-17-20-6-10-22(11-7-20)27(35)31-16-21-8-12-23(13-9-21)37-15-14-26(34)33-18-24-25(19-33)39-30(4,5)38-24/h6-13,18,25H,14-17,19H2,1-5H3,(H,31,35)(H,32,36)/t25-/m1/s1. The van der Waals surface area contributed by atoms with Crippen LogP contribution in [0.5, 0.6) is 5.75 Å². The van der Waals surface area contributed by atoms with Crippen LogP contribution in [0.3, 0.4) is 0 Å². The Kier molecular flexibility index (Phi) is 8.68. The van der Waals surface area contributed by atoms with Gasteiger partial charge in [-0.25, -0.2) is 4.79 Å². The van der Waals surface area contributed by atoms with E-state index in [9.17, 15) is 14.4 Å². The van der Waals surface area contributed by atoms with Crippen LogP contribution in [0.1, 0.15) is 62.5 Å². The molecule has 10 heteroatoms. The van der Waals surface area contributed by atoms with Crippen LogP contribution in [0.4, 0.5) is 4.79 Å². The van der Waals surface area contributed by atoms with Gasteiger partial charge in [0.2, 0.25) is 11.7 Å². The average molecular weight is 552 g/mol. The second kappa shape index (κ2) is 12.0. The van der Waals surface area contributed by atoms with Crippen molar-refractivity contribution in [3.05, 3.63) is 77.2 Å². The highest BCUT2D eigenvalue weighted by molar-refractivity contribution is 5.94. The number of fused-ring (bicyclic) bond motifs is 1. The van der Waals surface area contributed by atoms with E-state index in [1.807, 2.05) is 38.1 Å². The molecule has 3 amide bonds. The molecule has 0 aromatic heterocycles. The number of ether oxygens (including phenoxy) is 4. The van der Waals surface area contributed by atoms with Crippen molar-refractivity contribution in [1.29, 1.82) is 0 Å². The summed E-state index contributed by atoms with van der Waals surface area (Å²) in [6.45, 7) is 10.5. The normalized spacial score (nSPS) is 17.4. The van der Waals surface area contributed by atoms with E-state index in [0.717, 1.165) is 11.1 Å². The molecule has 40 heavy (non-hydrogen) atoms. The van der Waals surface area contributed by atoms with Gasteiger partial charge in [0.05, 0.1) is 19.6 Å². The Bertz CT molecular complexity index is 1250. The van der Waals surface area contributed by atoms with Gasteiger partial charge < -0.3 is 34.5 Å². The van der Waals surface area contributed by atoms with Gasteiger partial charge in [0.15, 0.2) is 0 Å². The Hall–Kier alpha value is -4.05. The maximum absolute atomic E-state index is 12.5. The first-order valence-electron chi connectivity index (χ1n) is 13.3. The molecular weight excluding hydrogens is 514 g/mol. The van der Waals surface area contributed by atoms with E-state index < -0.39 is 17.5 Å². The molecule has 214 valence electrons. The summed E-state index contributed by atoms with van der Waals surface area (Å²) in [7, 11) is 0. The predicted octanol–water partition coefficient (Wildman–Crippen LogP) is 4.25. The van der Waals surface area contributed by atoms with Crippen LogP contribution in [-0.2, 0) is 32.1 Å². The summed E-state index contributed by atoms with van der Waals surface area (Å²) >= 11 is 0. The maximum atomic E-state index is 12.5. The number of benzene rings is 2. The molecule has 4 rings (SSSR count). The fourth-order valence-corrected chi connectivity index (χ4v) is 4.22. The van der Waals surface area contributed by atoms with Crippen molar-refractivity contribution in [2.75, 3.05) is 13.2 Å². The van der Waals surface area contributed by atoms with Crippen LogP contribution in [0.2, 0.25) is 0 Å². The number of hydrogen-bond donors (Lipinski definition) is 2. The summed E-state index contributed by atoms with van der Waals surface area (Å²) < 4.78 is 22.4. The van der Waals surface area contributed by atoms with Crippen LogP contribution in [-0.4, -0.2) is 53.5 Å². The Morgan fingerprint density at radius 3 is 2.23 bits per heavy atom. The highest BCUT2D eigenvalue weighted by Gasteiger charge is 2.43. The molecule has 1 saturated heterocycles. The Morgan fingerprint density at radius 1 is 0.975 bits per heavy atom. The Labute approximate surface area is 234 Å². The van der Waals surface area contributed by atoms with E-state index >= 15 is 0 Å². The summed E-state index contributed by atoms with van der Waals surface area (Å²) in [6, 6.07) is 14.4. The van der Waals surface area contributed by atoms with E-state index in [-0.39, 0.29) is 30.9 Å². The van der Waals surface area contributed by atoms with Gasteiger partial charge >= 0.3 is 6.09 Å². The fraction of sp³-hybridized carbons (Fsp3) is 0.433. The van der Waals surface area contributed by atoms with Crippen LogP contribution in [0.15, 0.2) is 60.5 Å². The minimum atomic E-state index is -0.654. The monoisotopic (exact) mass is 551 g/mol. The third kappa shape index (κ3) is 8.22. The maximum Gasteiger partial charge on any atom is 0.407 e. The number of rotatable bonds is 9. The highest BCUT2D eigenvalue weighted by Crippen LogP contribution is 2.35. The van der Waals surface area contributed by atoms with Crippen LogP contribution >= 0.6 is 0 Å². The minimum absolute atomic E-state index is 0.0569. The van der Waals surface area contributed by atoms with E-state index in [1.54, 1.807) is 56.1 Å². The van der Waals surface area contributed by atoms with Crippen molar-refractivity contribution in [2.24, 2.45) is 0 Å². The van der Waals surface area contributed by atoms with Crippen LogP contribution in [0.25, 0.3) is 0 Å². The average Bonchev–Trinajstić information content (AvgIpc) is 3.40. The molecule has 1 atom stereocenters. The second-order valence-electron chi connectivity index (χ2n) is 11.2. The van der Waals surface area contributed by atoms with Crippen molar-refractivity contribution in [2.45, 2.75) is 71.6 Å². The Morgan fingerprint density at radius 2 is 1.60 bits per heavy atom. The molecular formula is C30H37N3O7. The van der Waals surface area contributed by atoms with Gasteiger partial charge in [-0.3, -0.25) is 9.59 Å². The summed E-state index contributed by atoms with van der Waals surface area (Å²) in [4.78, 5) is 38.5. The van der Waals surface area contributed by atoms with E-state index in [1.165, 1.54) is 0 Å². The lowest BCUT2D eigenvalue weighted by Crippen LogP contribution is -2.32. The lowest BCUT2D eigenvalue weighted by molar-refractivity contribution is -0.144. The fourth-order valence-electron chi connectivity index (χ4n) is 4.22. The van der Waals surface area contributed by atoms with Gasteiger partial charge in [-0.1, -0.05) is 24.3 Å². The zero-order valence-corrected chi connectivity index (χ0v) is 23.6. The summed E-state index contributed by atoms with van der Waals surface area (Å²) in [6.07, 6.45) is 1.24. The van der Waals surface area contributed by atoms with Crippen molar-refractivity contribution < 1.29 is 33.3 Å². The first-order chi connectivity index (χ1) is 18.9. The third-order valence-corrected chi connectivity index (χ3v) is 6.09. The van der Waals surface area contributed by atoms with Gasteiger partial charge in [-0.05, 0) is 56.2 Å². The molecule has 2 aromatic carbocycles. The van der Waals surface area contributed by atoms with Gasteiger partial charge in [0.25, 0.3) is 5.91 Å². The topological polar surface area (TPSA) is 115 Å². The molecule has 0 aliphatic carbocycles. The zero-order valence-electron chi connectivity index (χ0n) is 23.6. The number of amides is 3. The van der Waals surface area contributed by atoms with Gasteiger partial charge in [-0.15, -0.1) is 0 Å². The molecule has 2 aromatic rings. The quantitative estimate of drug-likeness (QED) is 0.479. The van der Waals surface area contributed by atoms with Crippen LogP contribution in [0, 0.1) is 0 Å². The number of nitrogens with zero attached hydrogens (tertiary/aromatic N) is 1. The summed E-state index contributed by atoms with van der Waals surface area (Å²) in [5, 5.41) is 5.59. The number of alkyl carbamates (subject to hydrolysis) is 1. The van der Waals surface area contributed by atoms with E-state index in [4.69, 9.17) is 18.9 Å². The van der Waals surface area contributed by atoms with Gasteiger partial charge in [0, 0.05) is 38.7 Å². The second-order valence-corrected chi connectivity index (χ2v) is 11.2. The van der Waals surface area contributed by atoms with Gasteiger partial charge in [-0.2, -0.15) is 0 Å². The van der Waals surface area contributed by atoms with Crippen LogP contribution < -0.4 is 15.4 Å². The zero-order chi connectivity index (χ0) is 28.9. The third-order valence-electron chi connectivity index (χ3n) is 6.09. The molecule has 2 N–H and O–H groups in total. The molecule has 1 fully saturated rings. The Balaban J connectivity index is 1.15. The number of hydrogen-bond acceptors (Lipinski definition) is 7. The lowest BCUT2D eigenvalue weighted by atomic mass is 10.1. The molecule has 0 saturated carbocycles. The van der Waals surface area contributed by atoms with Crippen molar-refractivity contribution >= 4 is 17.9 Å². The molecule has 2 aliphatic heterocycles. The summed E-state index contributed by atoms with van der Waals surface area (Å²) in [5.74, 6) is 0.415. The lowest BCUT2D eigenvalue weighted by Gasteiger charge is -2.20. The SMILES string of the molecule is CC(C)(C)OC(=O)NCc1ccc(C(=O)NCc2ccc(OCCC(=O)N3C=C4OC(C)(C)O[C@@H]4C3)cc2)cc1. The minimum Gasteiger partial charge on any atom is -0.493 e. The van der Waals surface area contributed by atoms with Gasteiger partial charge in [0.1, 0.15) is 23.2 Å². The molecule has 2 aliphatic rings. The molecule has 0 spiro atoms. The van der Waals surface area contributed by atoms with Crippen molar-refractivity contribution in [1.82, 2.24) is 15.5 Å². The predicted molar refractivity (Wildman–Crippen MR) is 147 cm³/mol. The molecule has 0 unspecified atom stereocenters. The van der Waals surface area contributed by atoms with E-state index in [2.05, 4.69) is 10.6 Å². The largest absolute Gasteiger partial charge is 0.493 e. The van der Waals surface area contributed by atoms with E-state index in [0.29, 0.717) is 36.7 Å². The number of nitrogens with one attached hydrogen (secondary N) is 2. The number of carbonyl (C=O) groups excluding carboxylic acids is 3. The first kappa shape index (κ1) is 28.9. The van der Waals surface area contributed by atoms with Crippen molar-refractivity contribution in [3.63, 3.8) is 0 Å². The first-order valence-corrected chi connectivity index (χ1v) is 13.3. The number of carbonyl (C=O) groups is 3.